The first-order chi connectivity index (χ1) is 6.88. The first-order valence-corrected chi connectivity index (χ1v) is 5.91. The molecule has 0 saturated heterocycles. The van der Waals surface area contributed by atoms with Gasteiger partial charge in [-0.2, -0.15) is 0 Å². The molecule has 1 aromatic carbocycles. The Morgan fingerprint density at radius 3 is 2.47 bits per heavy atom. The van der Waals surface area contributed by atoms with Crippen LogP contribution in [0.15, 0.2) is 22.7 Å². The summed E-state index contributed by atoms with van der Waals surface area (Å²) >= 11 is 3.32. The van der Waals surface area contributed by atoms with Gasteiger partial charge >= 0.3 is 0 Å². The highest BCUT2D eigenvalue weighted by Gasteiger charge is 2.54. The van der Waals surface area contributed by atoms with E-state index < -0.39 is 0 Å². The summed E-state index contributed by atoms with van der Waals surface area (Å²) < 4.78 is 14.0. The van der Waals surface area contributed by atoms with Gasteiger partial charge in [0.1, 0.15) is 5.82 Å². The molecule has 1 nitrogen and oxygen atoms in total. The molecule has 0 aliphatic heterocycles. The molecular formula is C12H15BrFN. The van der Waals surface area contributed by atoms with Crippen LogP contribution in [0.2, 0.25) is 0 Å². The van der Waals surface area contributed by atoms with E-state index in [9.17, 15) is 4.39 Å². The minimum atomic E-state index is -0.302. The number of rotatable bonds is 2. The molecule has 0 bridgehead atoms. The number of hydrogen-bond acceptors (Lipinski definition) is 1. The van der Waals surface area contributed by atoms with E-state index in [0.29, 0.717) is 4.47 Å². The van der Waals surface area contributed by atoms with Crippen LogP contribution in [0.25, 0.3) is 0 Å². The first-order valence-electron chi connectivity index (χ1n) is 5.12. The van der Waals surface area contributed by atoms with E-state index in [1.54, 1.807) is 6.07 Å². The van der Waals surface area contributed by atoms with Crippen molar-refractivity contribution in [3.05, 3.63) is 34.1 Å². The van der Waals surface area contributed by atoms with Crippen molar-refractivity contribution in [3.63, 3.8) is 0 Å². The van der Waals surface area contributed by atoms with E-state index in [4.69, 9.17) is 5.73 Å². The SMILES string of the molecule is CC(C)(N)C1(c2cccc(F)c2Br)CC1. The third-order valence-corrected chi connectivity index (χ3v) is 4.26. The molecule has 0 spiro atoms. The molecule has 0 amide bonds. The average Bonchev–Trinajstić information content (AvgIpc) is 2.89. The van der Waals surface area contributed by atoms with E-state index in [1.807, 2.05) is 19.9 Å². The predicted octanol–water partition coefficient (Wildman–Crippen LogP) is 3.36. The second-order valence-electron chi connectivity index (χ2n) is 4.91. The van der Waals surface area contributed by atoms with Crippen LogP contribution < -0.4 is 5.73 Å². The summed E-state index contributed by atoms with van der Waals surface area (Å²) in [5, 5.41) is 0. The van der Waals surface area contributed by atoms with Crippen molar-refractivity contribution in [3.8, 4) is 0 Å². The third-order valence-electron chi connectivity index (χ3n) is 3.45. The molecule has 1 aliphatic carbocycles. The van der Waals surface area contributed by atoms with Gasteiger partial charge in [0.05, 0.1) is 4.47 Å². The van der Waals surface area contributed by atoms with E-state index in [0.717, 1.165) is 18.4 Å². The standard InChI is InChI=1S/C12H15BrFN/c1-11(2,15)12(6-7-12)8-4-3-5-9(14)10(8)13/h3-5H,6-7,15H2,1-2H3. The third kappa shape index (κ3) is 1.62. The quantitative estimate of drug-likeness (QED) is 0.877. The summed E-state index contributed by atoms with van der Waals surface area (Å²) in [6.07, 6.45) is 2.08. The molecule has 0 atom stereocenters. The molecule has 1 aliphatic rings. The number of hydrogen-bond donors (Lipinski definition) is 1. The molecule has 3 heteroatoms. The molecule has 0 unspecified atom stereocenters. The Bertz CT molecular complexity index is 391. The van der Waals surface area contributed by atoms with Crippen molar-refractivity contribution in [2.24, 2.45) is 5.73 Å². The summed E-state index contributed by atoms with van der Waals surface area (Å²) in [7, 11) is 0. The maximum absolute atomic E-state index is 13.4. The lowest BCUT2D eigenvalue weighted by Crippen LogP contribution is -2.45. The summed E-state index contributed by atoms with van der Waals surface area (Å²) in [5.41, 5.74) is 6.84. The maximum atomic E-state index is 13.4. The zero-order valence-electron chi connectivity index (χ0n) is 8.98. The van der Waals surface area contributed by atoms with Crippen molar-refractivity contribution < 1.29 is 4.39 Å². The molecule has 2 rings (SSSR count). The van der Waals surface area contributed by atoms with E-state index >= 15 is 0 Å². The Kier molecular flexibility index (Phi) is 2.43. The molecule has 1 aromatic rings. The predicted molar refractivity (Wildman–Crippen MR) is 63.3 cm³/mol. The minimum absolute atomic E-state index is 0.0477. The van der Waals surface area contributed by atoms with Crippen molar-refractivity contribution >= 4 is 15.9 Å². The summed E-state index contributed by atoms with van der Waals surface area (Å²) in [6, 6.07) is 5.18. The second-order valence-corrected chi connectivity index (χ2v) is 5.70. The molecule has 2 N–H and O–H groups in total. The molecule has 82 valence electrons. The zero-order chi connectivity index (χ0) is 11.3. The van der Waals surface area contributed by atoms with Gasteiger partial charge < -0.3 is 5.73 Å². The van der Waals surface area contributed by atoms with E-state index in [2.05, 4.69) is 15.9 Å². The highest BCUT2D eigenvalue weighted by atomic mass is 79.9. The molecular weight excluding hydrogens is 257 g/mol. The highest BCUT2D eigenvalue weighted by Crippen LogP contribution is 2.56. The van der Waals surface area contributed by atoms with Gasteiger partial charge in [-0.25, -0.2) is 4.39 Å². The monoisotopic (exact) mass is 271 g/mol. The fourth-order valence-corrected chi connectivity index (χ4v) is 2.90. The number of halogens is 2. The molecule has 0 heterocycles. The van der Waals surface area contributed by atoms with Crippen molar-refractivity contribution in [2.75, 3.05) is 0 Å². The Hall–Kier alpha value is -0.410. The Morgan fingerprint density at radius 2 is 2.00 bits per heavy atom. The van der Waals surface area contributed by atoms with Gasteiger partial charge in [-0.05, 0) is 54.2 Å². The Labute approximate surface area is 98.0 Å². The van der Waals surface area contributed by atoms with Gasteiger partial charge in [-0.15, -0.1) is 0 Å². The number of nitrogens with two attached hydrogens (primary N) is 1. The lowest BCUT2D eigenvalue weighted by Gasteiger charge is -2.32. The highest BCUT2D eigenvalue weighted by molar-refractivity contribution is 9.10. The van der Waals surface area contributed by atoms with Gasteiger partial charge in [0.15, 0.2) is 0 Å². The van der Waals surface area contributed by atoms with Crippen LogP contribution in [-0.2, 0) is 5.41 Å². The molecule has 0 radical (unpaired) electrons. The topological polar surface area (TPSA) is 26.0 Å². The maximum Gasteiger partial charge on any atom is 0.137 e. The zero-order valence-corrected chi connectivity index (χ0v) is 10.6. The normalized spacial score (nSPS) is 19.0. The smallest absolute Gasteiger partial charge is 0.137 e. The van der Waals surface area contributed by atoms with Gasteiger partial charge in [-0.3, -0.25) is 0 Å². The van der Waals surface area contributed by atoms with E-state index in [1.165, 1.54) is 6.07 Å². The molecule has 15 heavy (non-hydrogen) atoms. The minimum Gasteiger partial charge on any atom is -0.325 e. The van der Waals surface area contributed by atoms with Gasteiger partial charge in [0.2, 0.25) is 0 Å². The largest absolute Gasteiger partial charge is 0.325 e. The van der Waals surface area contributed by atoms with Crippen LogP contribution in [0.1, 0.15) is 32.3 Å². The Morgan fingerprint density at radius 1 is 1.40 bits per heavy atom. The van der Waals surface area contributed by atoms with Crippen LogP contribution in [0.4, 0.5) is 4.39 Å². The van der Waals surface area contributed by atoms with E-state index in [-0.39, 0.29) is 16.8 Å². The fraction of sp³-hybridized carbons (Fsp3) is 0.500. The van der Waals surface area contributed by atoms with Crippen LogP contribution in [-0.4, -0.2) is 5.54 Å². The summed E-state index contributed by atoms with van der Waals surface area (Å²) in [5.74, 6) is -0.206. The average molecular weight is 272 g/mol. The Balaban J connectivity index is 2.51. The first kappa shape index (κ1) is 11.1. The lowest BCUT2D eigenvalue weighted by molar-refractivity contribution is 0.388. The van der Waals surface area contributed by atoms with Crippen LogP contribution >= 0.6 is 15.9 Å². The lowest BCUT2D eigenvalue weighted by atomic mass is 9.79. The molecule has 1 fully saturated rings. The van der Waals surface area contributed by atoms with Crippen LogP contribution in [0.3, 0.4) is 0 Å². The molecule has 0 aromatic heterocycles. The number of benzene rings is 1. The second kappa shape index (κ2) is 3.29. The fourth-order valence-electron chi connectivity index (χ4n) is 2.26. The van der Waals surface area contributed by atoms with Crippen molar-refractivity contribution in [1.82, 2.24) is 0 Å². The van der Waals surface area contributed by atoms with Gasteiger partial charge in [0.25, 0.3) is 0 Å². The van der Waals surface area contributed by atoms with Gasteiger partial charge in [0, 0.05) is 11.0 Å². The van der Waals surface area contributed by atoms with Gasteiger partial charge in [-0.1, -0.05) is 12.1 Å². The van der Waals surface area contributed by atoms with Crippen molar-refractivity contribution in [2.45, 2.75) is 37.6 Å². The van der Waals surface area contributed by atoms with Crippen molar-refractivity contribution in [1.29, 1.82) is 0 Å². The summed E-state index contributed by atoms with van der Waals surface area (Å²) in [4.78, 5) is 0. The summed E-state index contributed by atoms with van der Waals surface area (Å²) in [6.45, 7) is 4.02. The van der Waals surface area contributed by atoms with Crippen LogP contribution in [0, 0.1) is 5.82 Å². The molecule has 1 saturated carbocycles. The van der Waals surface area contributed by atoms with Crippen LogP contribution in [0.5, 0.6) is 0 Å².